The maximum Gasteiger partial charge on any atom is 0.0698 e. The van der Waals surface area contributed by atoms with Gasteiger partial charge in [-0.3, -0.25) is 0 Å². The summed E-state index contributed by atoms with van der Waals surface area (Å²) in [6, 6.07) is 5.55. The summed E-state index contributed by atoms with van der Waals surface area (Å²) in [5, 5.41) is 12.4. The molecular weight excluding hydrogens is 281 g/mol. The quantitative estimate of drug-likeness (QED) is 0.792. The van der Waals surface area contributed by atoms with Crippen molar-refractivity contribution < 1.29 is 9.84 Å². The van der Waals surface area contributed by atoms with Crippen molar-refractivity contribution in [2.24, 2.45) is 0 Å². The van der Waals surface area contributed by atoms with Crippen LogP contribution < -0.4 is 5.32 Å². The Morgan fingerprint density at radius 2 is 2.20 bits per heavy atom. The third-order valence-electron chi connectivity index (χ3n) is 1.73. The monoisotopic (exact) mass is 293 g/mol. The van der Waals surface area contributed by atoms with E-state index in [1.807, 2.05) is 18.2 Å². The third-order valence-corrected chi connectivity index (χ3v) is 2.65. The highest BCUT2D eigenvalue weighted by molar-refractivity contribution is 9.10. The van der Waals surface area contributed by atoms with Crippen LogP contribution in [0, 0.1) is 0 Å². The lowest BCUT2D eigenvalue weighted by Crippen LogP contribution is -2.11. The van der Waals surface area contributed by atoms with Gasteiger partial charge in [0.1, 0.15) is 0 Å². The molecule has 0 aliphatic carbocycles. The zero-order valence-corrected chi connectivity index (χ0v) is 10.5. The van der Waals surface area contributed by atoms with Crippen molar-refractivity contribution in [3.8, 4) is 0 Å². The van der Waals surface area contributed by atoms with Gasteiger partial charge in [0.25, 0.3) is 0 Å². The number of aliphatic hydroxyl groups is 1. The number of halogens is 2. The van der Waals surface area contributed by atoms with Crippen LogP contribution in [-0.2, 0) is 4.74 Å². The molecule has 0 heterocycles. The lowest BCUT2D eigenvalue weighted by molar-refractivity contribution is 0.0992. The molecule has 3 nitrogen and oxygen atoms in total. The predicted octanol–water partition coefficient (Wildman–Crippen LogP) is 2.52. The van der Waals surface area contributed by atoms with Crippen molar-refractivity contribution in [2.75, 3.05) is 31.7 Å². The Balaban J connectivity index is 2.33. The Bertz CT molecular complexity index is 309. The summed E-state index contributed by atoms with van der Waals surface area (Å²) in [5.41, 5.74) is 0.940. The smallest absolute Gasteiger partial charge is 0.0698 e. The van der Waals surface area contributed by atoms with Crippen LogP contribution in [0.4, 0.5) is 5.69 Å². The molecule has 5 heteroatoms. The molecule has 1 aromatic carbocycles. The second kappa shape index (κ2) is 7.06. The molecule has 0 radical (unpaired) electrons. The highest BCUT2D eigenvalue weighted by Crippen LogP contribution is 2.25. The standard InChI is InChI=1S/C10H13BrClNO2/c11-9-2-1-8(12)7-10(9)13-3-5-15-6-4-14/h1-2,7,13-14H,3-6H2. The van der Waals surface area contributed by atoms with Crippen molar-refractivity contribution in [3.63, 3.8) is 0 Å². The second-order valence-electron chi connectivity index (χ2n) is 2.89. The minimum atomic E-state index is 0.0564. The molecule has 0 amide bonds. The first kappa shape index (κ1) is 12.8. The largest absolute Gasteiger partial charge is 0.394 e. The zero-order chi connectivity index (χ0) is 11.1. The van der Waals surface area contributed by atoms with Crippen molar-refractivity contribution in [2.45, 2.75) is 0 Å². The number of aliphatic hydroxyl groups excluding tert-OH is 1. The lowest BCUT2D eigenvalue weighted by atomic mass is 10.3. The van der Waals surface area contributed by atoms with E-state index in [0.29, 0.717) is 24.8 Å². The maximum absolute atomic E-state index is 8.49. The van der Waals surface area contributed by atoms with Crippen molar-refractivity contribution in [1.82, 2.24) is 0 Å². The van der Waals surface area contributed by atoms with Gasteiger partial charge in [-0.15, -0.1) is 0 Å². The molecular formula is C10H13BrClNO2. The summed E-state index contributed by atoms with van der Waals surface area (Å²) in [6.45, 7) is 1.66. The highest BCUT2D eigenvalue weighted by atomic mass is 79.9. The summed E-state index contributed by atoms with van der Waals surface area (Å²) < 4.78 is 6.08. The Morgan fingerprint density at radius 3 is 2.93 bits per heavy atom. The third kappa shape index (κ3) is 4.84. The summed E-state index contributed by atoms with van der Waals surface area (Å²) in [7, 11) is 0. The van der Waals surface area contributed by atoms with Crippen molar-refractivity contribution in [1.29, 1.82) is 0 Å². The minimum absolute atomic E-state index is 0.0564. The average Bonchev–Trinajstić information content (AvgIpc) is 2.23. The summed E-state index contributed by atoms with van der Waals surface area (Å²) in [6.07, 6.45) is 0. The van der Waals surface area contributed by atoms with Crippen molar-refractivity contribution >= 4 is 33.2 Å². The number of anilines is 1. The average molecular weight is 295 g/mol. The number of hydrogen-bond donors (Lipinski definition) is 2. The summed E-state index contributed by atoms with van der Waals surface area (Å²) in [5.74, 6) is 0. The fraction of sp³-hybridized carbons (Fsp3) is 0.400. The van der Waals surface area contributed by atoms with Crippen LogP contribution in [0.3, 0.4) is 0 Å². The Hall–Kier alpha value is -0.290. The molecule has 0 aliphatic heterocycles. The molecule has 0 unspecified atom stereocenters. The first-order valence-electron chi connectivity index (χ1n) is 4.61. The SMILES string of the molecule is OCCOCCNc1cc(Cl)ccc1Br. The first-order chi connectivity index (χ1) is 7.24. The number of benzene rings is 1. The van der Waals surface area contributed by atoms with Gasteiger partial charge in [-0.2, -0.15) is 0 Å². The molecule has 1 rings (SSSR count). The maximum atomic E-state index is 8.49. The van der Waals surface area contributed by atoms with Gasteiger partial charge >= 0.3 is 0 Å². The molecule has 0 atom stereocenters. The number of nitrogens with one attached hydrogen (secondary N) is 1. The Labute approximate surface area is 103 Å². The first-order valence-corrected chi connectivity index (χ1v) is 5.78. The van der Waals surface area contributed by atoms with Crippen LogP contribution in [0.15, 0.2) is 22.7 Å². The van der Waals surface area contributed by atoms with Crippen LogP contribution in [0.25, 0.3) is 0 Å². The van der Waals surface area contributed by atoms with E-state index >= 15 is 0 Å². The molecule has 0 bridgehead atoms. The molecule has 15 heavy (non-hydrogen) atoms. The molecule has 84 valence electrons. The van der Waals surface area contributed by atoms with E-state index in [4.69, 9.17) is 21.4 Å². The molecule has 0 spiro atoms. The van der Waals surface area contributed by atoms with Crippen LogP contribution >= 0.6 is 27.5 Å². The molecule has 0 saturated carbocycles. The van der Waals surface area contributed by atoms with Gasteiger partial charge in [-0.1, -0.05) is 11.6 Å². The van der Waals surface area contributed by atoms with E-state index in [-0.39, 0.29) is 6.61 Å². The van der Waals surface area contributed by atoms with Gasteiger partial charge < -0.3 is 15.2 Å². The Kier molecular flexibility index (Phi) is 6.02. The zero-order valence-electron chi connectivity index (χ0n) is 8.17. The van der Waals surface area contributed by atoms with E-state index < -0.39 is 0 Å². The fourth-order valence-corrected chi connectivity index (χ4v) is 1.62. The number of rotatable bonds is 6. The predicted molar refractivity (Wildman–Crippen MR) is 65.5 cm³/mol. The van der Waals surface area contributed by atoms with Crippen molar-refractivity contribution in [3.05, 3.63) is 27.7 Å². The second-order valence-corrected chi connectivity index (χ2v) is 4.18. The van der Waals surface area contributed by atoms with Gasteiger partial charge in [-0.25, -0.2) is 0 Å². The molecule has 0 saturated heterocycles. The molecule has 0 fully saturated rings. The summed E-state index contributed by atoms with van der Waals surface area (Å²) in [4.78, 5) is 0. The van der Waals surface area contributed by atoms with Gasteiger partial charge in [-0.05, 0) is 34.1 Å². The van der Waals surface area contributed by atoms with Gasteiger partial charge in [0.05, 0.1) is 19.8 Å². The van der Waals surface area contributed by atoms with E-state index in [9.17, 15) is 0 Å². The van der Waals surface area contributed by atoms with Gasteiger partial charge in [0.15, 0.2) is 0 Å². The van der Waals surface area contributed by atoms with Crippen LogP contribution in [0.5, 0.6) is 0 Å². The van der Waals surface area contributed by atoms with E-state index in [1.165, 1.54) is 0 Å². The topological polar surface area (TPSA) is 41.5 Å². The highest BCUT2D eigenvalue weighted by Gasteiger charge is 1.99. The normalized spacial score (nSPS) is 10.3. The minimum Gasteiger partial charge on any atom is -0.394 e. The molecule has 0 aromatic heterocycles. The van der Waals surface area contributed by atoms with E-state index in [0.717, 1.165) is 10.2 Å². The van der Waals surface area contributed by atoms with Crippen LogP contribution in [0.2, 0.25) is 5.02 Å². The summed E-state index contributed by atoms with van der Waals surface area (Å²) >= 11 is 9.27. The van der Waals surface area contributed by atoms with Gasteiger partial charge in [0, 0.05) is 21.7 Å². The van der Waals surface area contributed by atoms with E-state index in [1.54, 1.807) is 0 Å². The number of ether oxygens (including phenoxy) is 1. The van der Waals surface area contributed by atoms with E-state index in [2.05, 4.69) is 21.2 Å². The lowest BCUT2D eigenvalue weighted by Gasteiger charge is -2.08. The van der Waals surface area contributed by atoms with Crippen LogP contribution in [0.1, 0.15) is 0 Å². The molecule has 1 aromatic rings. The number of hydrogen-bond acceptors (Lipinski definition) is 3. The van der Waals surface area contributed by atoms with Gasteiger partial charge in [0.2, 0.25) is 0 Å². The molecule has 0 aliphatic rings. The molecule has 2 N–H and O–H groups in total. The fourth-order valence-electron chi connectivity index (χ4n) is 1.06. The Morgan fingerprint density at radius 1 is 1.40 bits per heavy atom. The van der Waals surface area contributed by atoms with Crippen LogP contribution in [-0.4, -0.2) is 31.5 Å².